The molecule has 0 aliphatic rings. The third-order valence-electron chi connectivity index (χ3n) is 2.69. The summed E-state index contributed by atoms with van der Waals surface area (Å²) >= 11 is 0. The summed E-state index contributed by atoms with van der Waals surface area (Å²) in [5.74, 6) is -0.689. The third-order valence-corrected chi connectivity index (χ3v) is 2.69. The molecule has 0 spiro atoms. The number of nitrogens with two attached hydrogens (primary N) is 1. The number of methoxy groups -OCH3 is 2. The molecule has 0 aromatic heterocycles. The molecule has 0 saturated carbocycles. The number of nitrogen functional groups attached to an aromatic ring is 1. The number of rotatable bonds is 7. The Labute approximate surface area is 117 Å². The normalized spacial score (nSPS) is 11.8. The van der Waals surface area contributed by atoms with E-state index in [2.05, 4.69) is 10.6 Å². The number of carbonyl (C=O) groups is 1. The van der Waals surface area contributed by atoms with E-state index in [1.165, 1.54) is 13.2 Å². The molecule has 1 unspecified atom stereocenters. The number of nitrogens with one attached hydrogen (secondary N) is 2. The van der Waals surface area contributed by atoms with Crippen molar-refractivity contribution in [1.29, 1.82) is 0 Å². The van der Waals surface area contributed by atoms with Gasteiger partial charge in [0.05, 0.1) is 25.1 Å². The summed E-state index contributed by atoms with van der Waals surface area (Å²) in [6.45, 7) is 2.53. The van der Waals surface area contributed by atoms with Crippen LogP contribution in [0, 0.1) is 5.82 Å². The summed E-state index contributed by atoms with van der Waals surface area (Å²) in [6, 6.07) is 2.05. The number of amides is 1. The Morgan fingerprint density at radius 1 is 1.45 bits per heavy atom. The fourth-order valence-corrected chi connectivity index (χ4v) is 1.58. The van der Waals surface area contributed by atoms with E-state index >= 15 is 0 Å². The molecule has 20 heavy (non-hydrogen) atoms. The van der Waals surface area contributed by atoms with Gasteiger partial charge in [0.15, 0.2) is 11.6 Å². The molecule has 1 aromatic carbocycles. The zero-order valence-electron chi connectivity index (χ0n) is 11.8. The van der Waals surface area contributed by atoms with E-state index < -0.39 is 11.9 Å². The first-order chi connectivity index (χ1) is 9.49. The highest BCUT2D eigenvalue weighted by atomic mass is 19.1. The summed E-state index contributed by atoms with van der Waals surface area (Å²) in [6.07, 6.45) is 0. The predicted octanol–water partition coefficient (Wildman–Crippen LogP) is 0.979. The monoisotopic (exact) mass is 285 g/mol. The number of carbonyl (C=O) groups excluding carboxylic acids is 1. The van der Waals surface area contributed by atoms with Crippen molar-refractivity contribution in [1.82, 2.24) is 5.32 Å². The molecule has 4 N–H and O–H groups in total. The van der Waals surface area contributed by atoms with Gasteiger partial charge in [0.1, 0.15) is 6.04 Å². The number of benzene rings is 1. The molecule has 1 amide bonds. The van der Waals surface area contributed by atoms with Gasteiger partial charge in [0.25, 0.3) is 0 Å². The van der Waals surface area contributed by atoms with E-state index in [0.717, 1.165) is 6.07 Å². The quantitative estimate of drug-likeness (QED) is 0.513. The highest BCUT2D eigenvalue weighted by Gasteiger charge is 2.15. The highest BCUT2D eigenvalue weighted by Crippen LogP contribution is 2.28. The number of anilines is 2. The Balaban J connectivity index is 2.70. The molecular weight excluding hydrogens is 265 g/mol. The van der Waals surface area contributed by atoms with Gasteiger partial charge in [-0.15, -0.1) is 0 Å². The van der Waals surface area contributed by atoms with Crippen LogP contribution in [-0.2, 0) is 9.53 Å². The van der Waals surface area contributed by atoms with E-state index in [9.17, 15) is 9.18 Å². The minimum absolute atomic E-state index is 0.0636. The lowest BCUT2D eigenvalue weighted by Gasteiger charge is -2.17. The van der Waals surface area contributed by atoms with Crippen molar-refractivity contribution in [2.24, 2.45) is 0 Å². The van der Waals surface area contributed by atoms with E-state index in [1.807, 2.05) is 0 Å². The standard InChI is InChI=1S/C13H20FN3O3/c1-8(13(18)16-4-5-19-2)17-11-7-12(20-3)9(14)6-10(11)15/h6-8,17H,4-5,15H2,1-3H3,(H,16,18). The van der Waals surface area contributed by atoms with E-state index in [-0.39, 0.29) is 17.3 Å². The molecule has 112 valence electrons. The second-order valence-corrected chi connectivity index (χ2v) is 4.22. The van der Waals surface area contributed by atoms with Crippen LogP contribution >= 0.6 is 0 Å². The maximum absolute atomic E-state index is 13.4. The van der Waals surface area contributed by atoms with Gasteiger partial charge >= 0.3 is 0 Å². The lowest BCUT2D eigenvalue weighted by atomic mass is 10.2. The van der Waals surface area contributed by atoms with Crippen molar-refractivity contribution in [3.63, 3.8) is 0 Å². The third kappa shape index (κ3) is 4.27. The van der Waals surface area contributed by atoms with Crippen molar-refractivity contribution in [2.75, 3.05) is 38.4 Å². The van der Waals surface area contributed by atoms with Crippen molar-refractivity contribution in [3.05, 3.63) is 17.9 Å². The summed E-state index contributed by atoms with van der Waals surface area (Å²) in [7, 11) is 2.92. The summed E-state index contributed by atoms with van der Waals surface area (Å²) < 4.78 is 23.1. The summed E-state index contributed by atoms with van der Waals surface area (Å²) in [4.78, 5) is 11.8. The van der Waals surface area contributed by atoms with Crippen LogP contribution in [0.25, 0.3) is 0 Å². The van der Waals surface area contributed by atoms with Crippen LogP contribution in [-0.4, -0.2) is 39.3 Å². The second kappa shape index (κ2) is 7.54. The lowest BCUT2D eigenvalue weighted by Crippen LogP contribution is -2.39. The summed E-state index contributed by atoms with van der Waals surface area (Å²) in [5, 5.41) is 5.60. The zero-order chi connectivity index (χ0) is 15.1. The number of hydrogen-bond acceptors (Lipinski definition) is 5. The van der Waals surface area contributed by atoms with Crippen molar-refractivity contribution < 1.29 is 18.7 Å². The van der Waals surface area contributed by atoms with Gasteiger partial charge in [-0.05, 0) is 6.92 Å². The van der Waals surface area contributed by atoms with Crippen LogP contribution in [0.1, 0.15) is 6.92 Å². The van der Waals surface area contributed by atoms with Crippen molar-refractivity contribution in [2.45, 2.75) is 13.0 Å². The van der Waals surface area contributed by atoms with Gasteiger partial charge < -0.3 is 25.8 Å². The summed E-state index contributed by atoms with van der Waals surface area (Å²) in [5.41, 5.74) is 6.36. The topological polar surface area (TPSA) is 85.6 Å². The lowest BCUT2D eigenvalue weighted by molar-refractivity contribution is -0.121. The van der Waals surface area contributed by atoms with Gasteiger partial charge in [0, 0.05) is 25.8 Å². The SMILES string of the molecule is COCCNC(=O)C(C)Nc1cc(OC)c(F)cc1N. The number of ether oxygens (including phenoxy) is 2. The first-order valence-electron chi connectivity index (χ1n) is 6.15. The van der Waals surface area contributed by atoms with E-state index in [0.29, 0.717) is 18.8 Å². The molecule has 7 heteroatoms. The zero-order valence-corrected chi connectivity index (χ0v) is 11.8. The molecule has 0 bridgehead atoms. The van der Waals surface area contributed by atoms with E-state index in [1.54, 1.807) is 14.0 Å². The second-order valence-electron chi connectivity index (χ2n) is 4.22. The van der Waals surface area contributed by atoms with Crippen LogP contribution in [0.4, 0.5) is 15.8 Å². The Kier molecular flexibility index (Phi) is 6.05. The van der Waals surface area contributed by atoms with Crippen molar-refractivity contribution in [3.8, 4) is 5.75 Å². The average molecular weight is 285 g/mol. The van der Waals surface area contributed by atoms with Crippen LogP contribution in [0.5, 0.6) is 5.75 Å². The fraction of sp³-hybridized carbons (Fsp3) is 0.462. The highest BCUT2D eigenvalue weighted by molar-refractivity contribution is 5.85. The van der Waals surface area contributed by atoms with Crippen LogP contribution in [0.2, 0.25) is 0 Å². The van der Waals surface area contributed by atoms with Crippen LogP contribution in [0.3, 0.4) is 0 Å². The molecule has 0 aliphatic carbocycles. The molecule has 0 saturated heterocycles. The van der Waals surface area contributed by atoms with Crippen LogP contribution < -0.4 is 21.1 Å². The number of halogens is 1. The first kappa shape index (κ1) is 16.0. The van der Waals surface area contributed by atoms with Gasteiger partial charge in [0.2, 0.25) is 5.91 Å². The predicted molar refractivity (Wildman–Crippen MR) is 75.3 cm³/mol. The maximum atomic E-state index is 13.4. The minimum atomic E-state index is -0.548. The molecule has 0 heterocycles. The van der Waals surface area contributed by atoms with Gasteiger partial charge in [-0.3, -0.25) is 4.79 Å². The largest absolute Gasteiger partial charge is 0.494 e. The average Bonchev–Trinajstić information content (AvgIpc) is 2.41. The van der Waals surface area contributed by atoms with Crippen LogP contribution in [0.15, 0.2) is 12.1 Å². The van der Waals surface area contributed by atoms with Gasteiger partial charge in [-0.25, -0.2) is 4.39 Å². The maximum Gasteiger partial charge on any atom is 0.242 e. The molecule has 1 rings (SSSR count). The van der Waals surface area contributed by atoms with Gasteiger partial charge in [-0.2, -0.15) is 0 Å². The fourth-order valence-electron chi connectivity index (χ4n) is 1.58. The Morgan fingerprint density at radius 2 is 2.15 bits per heavy atom. The van der Waals surface area contributed by atoms with Gasteiger partial charge in [-0.1, -0.05) is 0 Å². The Hall–Kier alpha value is -2.02. The molecule has 1 atom stereocenters. The molecule has 0 fully saturated rings. The van der Waals surface area contributed by atoms with Crippen molar-refractivity contribution >= 4 is 17.3 Å². The molecule has 1 aromatic rings. The molecule has 6 nitrogen and oxygen atoms in total. The Morgan fingerprint density at radius 3 is 2.75 bits per heavy atom. The minimum Gasteiger partial charge on any atom is -0.494 e. The number of hydrogen-bond donors (Lipinski definition) is 3. The molecule has 0 radical (unpaired) electrons. The molecule has 0 aliphatic heterocycles. The molecular formula is C13H20FN3O3. The Bertz CT molecular complexity index is 468. The first-order valence-corrected chi connectivity index (χ1v) is 6.15. The van der Waals surface area contributed by atoms with E-state index in [4.69, 9.17) is 15.2 Å². The smallest absolute Gasteiger partial charge is 0.242 e.